The van der Waals surface area contributed by atoms with Crippen molar-refractivity contribution in [2.45, 2.75) is 44.7 Å². The molecule has 1 rings (SSSR count). The normalized spacial score (nSPS) is 13.1. The van der Waals surface area contributed by atoms with Crippen LogP contribution < -0.4 is 0 Å². The second-order valence-corrected chi connectivity index (χ2v) is 6.23. The molecule has 1 aromatic carbocycles. The fraction of sp³-hybridized carbons (Fsp3) is 0.538. The predicted octanol–water partition coefficient (Wildman–Crippen LogP) is 3.57. The van der Waals surface area contributed by atoms with Crippen molar-refractivity contribution in [2.24, 2.45) is 0 Å². The van der Waals surface area contributed by atoms with Gasteiger partial charge in [0.15, 0.2) is 0 Å². The van der Waals surface area contributed by atoms with Crippen molar-refractivity contribution in [3.63, 3.8) is 0 Å². The van der Waals surface area contributed by atoms with Gasteiger partial charge in [-0.3, -0.25) is 0 Å². The topological polar surface area (TPSA) is 20.2 Å². The lowest BCUT2D eigenvalue weighted by Gasteiger charge is -2.14. The monoisotopic (exact) mass is 221 g/mol. The zero-order valence-electron chi connectivity index (χ0n) is 9.74. The van der Waals surface area contributed by atoms with Crippen LogP contribution in [-0.2, 0) is 0 Å². The van der Waals surface area contributed by atoms with Gasteiger partial charge in [-0.15, -0.1) is 0 Å². The minimum Gasteiger partial charge on any atom is -0.431 e. The molecular formula is C13H21OSi. The SMILES string of the molecule is CCCC[Si](O)CC(C)c1ccccc1. The van der Waals surface area contributed by atoms with Crippen molar-refractivity contribution in [2.75, 3.05) is 0 Å². The maximum absolute atomic E-state index is 9.91. The minimum atomic E-state index is -1.10. The van der Waals surface area contributed by atoms with Gasteiger partial charge in [-0.25, -0.2) is 0 Å². The third kappa shape index (κ3) is 4.63. The number of unbranched alkanes of at least 4 members (excludes halogenated alkanes) is 1. The van der Waals surface area contributed by atoms with Gasteiger partial charge in [0.1, 0.15) is 0 Å². The molecule has 0 aromatic heterocycles. The van der Waals surface area contributed by atoms with Gasteiger partial charge in [-0.1, -0.05) is 57.0 Å². The van der Waals surface area contributed by atoms with Crippen LogP contribution in [0.1, 0.15) is 38.2 Å². The van der Waals surface area contributed by atoms with Gasteiger partial charge in [-0.2, -0.15) is 0 Å². The van der Waals surface area contributed by atoms with E-state index in [0.717, 1.165) is 12.1 Å². The standard InChI is InChI=1S/C13H21OSi/c1-3-4-10-15(14)11-12(2)13-8-6-5-7-9-13/h5-9,12,14H,3-4,10-11H2,1-2H3. The molecule has 1 N–H and O–H groups in total. The molecule has 2 heteroatoms. The van der Waals surface area contributed by atoms with Crippen molar-refractivity contribution in [3.05, 3.63) is 35.9 Å². The van der Waals surface area contributed by atoms with Crippen LogP contribution in [0.5, 0.6) is 0 Å². The Labute approximate surface area is 94.9 Å². The van der Waals surface area contributed by atoms with E-state index in [1.165, 1.54) is 18.4 Å². The Kier molecular flexibility index (Phi) is 5.65. The first-order chi connectivity index (χ1) is 7.24. The molecule has 0 fully saturated rings. The molecule has 15 heavy (non-hydrogen) atoms. The molecule has 0 heterocycles. The van der Waals surface area contributed by atoms with Crippen LogP contribution in [0.2, 0.25) is 12.1 Å². The van der Waals surface area contributed by atoms with Crippen molar-refractivity contribution in [1.29, 1.82) is 0 Å². The molecule has 0 bridgehead atoms. The molecule has 0 amide bonds. The highest BCUT2D eigenvalue weighted by Gasteiger charge is 2.13. The van der Waals surface area contributed by atoms with Gasteiger partial charge in [0.25, 0.3) is 0 Å². The summed E-state index contributed by atoms with van der Waals surface area (Å²) in [4.78, 5) is 9.91. The van der Waals surface area contributed by atoms with Crippen molar-refractivity contribution in [1.82, 2.24) is 0 Å². The Morgan fingerprint density at radius 1 is 1.27 bits per heavy atom. The van der Waals surface area contributed by atoms with Gasteiger partial charge in [0.05, 0.1) is 0 Å². The summed E-state index contributed by atoms with van der Waals surface area (Å²) in [7, 11) is -1.10. The smallest absolute Gasteiger partial charge is 0.207 e. The Hall–Kier alpha value is -0.603. The number of rotatable bonds is 6. The van der Waals surface area contributed by atoms with Crippen LogP contribution in [0.15, 0.2) is 30.3 Å². The third-order valence-corrected chi connectivity index (χ3v) is 4.74. The first-order valence-electron chi connectivity index (χ1n) is 5.82. The molecule has 0 saturated heterocycles. The van der Waals surface area contributed by atoms with E-state index in [1.54, 1.807) is 0 Å². The van der Waals surface area contributed by atoms with Crippen molar-refractivity contribution in [3.8, 4) is 0 Å². The maximum Gasteiger partial charge on any atom is 0.207 e. The molecule has 1 atom stereocenters. The van der Waals surface area contributed by atoms with E-state index in [2.05, 4.69) is 38.1 Å². The van der Waals surface area contributed by atoms with Crippen LogP contribution in [0.25, 0.3) is 0 Å². The van der Waals surface area contributed by atoms with E-state index in [4.69, 9.17) is 0 Å². The fourth-order valence-electron chi connectivity index (χ4n) is 1.74. The summed E-state index contributed by atoms with van der Waals surface area (Å²) in [5.74, 6) is 0.502. The van der Waals surface area contributed by atoms with E-state index in [9.17, 15) is 4.80 Å². The molecule has 1 unspecified atom stereocenters. The Bertz CT molecular complexity index is 260. The molecular weight excluding hydrogens is 200 g/mol. The summed E-state index contributed by atoms with van der Waals surface area (Å²) in [5.41, 5.74) is 1.35. The van der Waals surface area contributed by atoms with Crippen LogP contribution in [0, 0.1) is 0 Å². The lowest BCUT2D eigenvalue weighted by molar-refractivity contribution is 0.551. The maximum atomic E-state index is 9.91. The van der Waals surface area contributed by atoms with E-state index in [-0.39, 0.29) is 0 Å². The number of hydrogen-bond acceptors (Lipinski definition) is 1. The van der Waals surface area contributed by atoms with Gasteiger partial charge in [0, 0.05) is 0 Å². The average molecular weight is 221 g/mol. The summed E-state index contributed by atoms with van der Waals surface area (Å²) >= 11 is 0. The zero-order chi connectivity index (χ0) is 11.1. The lowest BCUT2D eigenvalue weighted by Crippen LogP contribution is -2.14. The highest BCUT2D eigenvalue weighted by atomic mass is 28.3. The highest BCUT2D eigenvalue weighted by Crippen LogP contribution is 2.21. The molecule has 0 spiro atoms. The first-order valence-corrected chi connectivity index (χ1v) is 7.68. The Morgan fingerprint density at radius 2 is 1.93 bits per heavy atom. The molecule has 1 nitrogen and oxygen atoms in total. The fourth-order valence-corrected chi connectivity index (χ4v) is 3.64. The van der Waals surface area contributed by atoms with Gasteiger partial charge in [-0.05, 0) is 23.6 Å². The lowest BCUT2D eigenvalue weighted by atomic mass is 10.0. The Balaban J connectivity index is 2.38. The molecule has 1 aromatic rings. The minimum absolute atomic E-state index is 0.502. The van der Waals surface area contributed by atoms with E-state index < -0.39 is 9.04 Å². The van der Waals surface area contributed by atoms with Gasteiger partial charge < -0.3 is 4.80 Å². The summed E-state index contributed by atoms with van der Waals surface area (Å²) < 4.78 is 0. The number of hydrogen-bond donors (Lipinski definition) is 1. The second-order valence-electron chi connectivity index (χ2n) is 4.19. The van der Waals surface area contributed by atoms with Crippen LogP contribution >= 0.6 is 0 Å². The van der Waals surface area contributed by atoms with Crippen LogP contribution in [-0.4, -0.2) is 13.8 Å². The molecule has 83 valence electrons. The molecule has 0 aliphatic rings. The summed E-state index contributed by atoms with van der Waals surface area (Å²) in [5, 5.41) is 0. The van der Waals surface area contributed by atoms with Gasteiger partial charge >= 0.3 is 0 Å². The predicted molar refractivity (Wildman–Crippen MR) is 67.4 cm³/mol. The molecule has 0 aliphatic carbocycles. The van der Waals surface area contributed by atoms with Crippen LogP contribution in [0.3, 0.4) is 0 Å². The van der Waals surface area contributed by atoms with E-state index in [0.29, 0.717) is 5.92 Å². The summed E-state index contributed by atoms with van der Waals surface area (Å²) in [6.07, 6.45) is 2.36. The molecule has 1 radical (unpaired) electrons. The first kappa shape index (κ1) is 12.5. The largest absolute Gasteiger partial charge is 0.431 e. The second kappa shape index (κ2) is 6.80. The summed E-state index contributed by atoms with van der Waals surface area (Å²) in [6.45, 7) is 4.39. The highest BCUT2D eigenvalue weighted by molar-refractivity contribution is 6.50. The van der Waals surface area contributed by atoms with Crippen LogP contribution in [0.4, 0.5) is 0 Å². The average Bonchev–Trinajstić information content (AvgIpc) is 2.27. The zero-order valence-corrected chi connectivity index (χ0v) is 10.7. The summed E-state index contributed by atoms with van der Waals surface area (Å²) in [6, 6.07) is 12.5. The van der Waals surface area contributed by atoms with E-state index in [1.807, 2.05) is 6.07 Å². The quantitative estimate of drug-likeness (QED) is 0.728. The van der Waals surface area contributed by atoms with Crippen molar-refractivity contribution < 1.29 is 4.80 Å². The van der Waals surface area contributed by atoms with E-state index >= 15 is 0 Å². The van der Waals surface area contributed by atoms with Gasteiger partial charge in [0.2, 0.25) is 9.04 Å². The third-order valence-electron chi connectivity index (χ3n) is 2.73. The molecule has 0 saturated carbocycles. The molecule has 0 aliphatic heterocycles. The Morgan fingerprint density at radius 3 is 2.53 bits per heavy atom. The van der Waals surface area contributed by atoms with Crippen molar-refractivity contribution >= 4 is 9.04 Å². The number of benzene rings is 1.